The topological polar surface area (TPSA) is 102 Å². The van der Waals surface area contributed by atoms with E-state index in [1.54, 1.807) is 18.6 Å². The number of hydrogen-bond acceptors (Lipinski definition) is 7. The van der Waals surface area contributed by atoms with Crippen LogP contribution in [0, 0.1) is 5.82 Å². The third-order valence-corrected chi connectivity index (χ3v) is 6.57. The summed E-state index contributed by atoms with van der Waals surface area (Å²) in [5.41, 5.74) is 5.39. The van der Waals surface area contributed by atoms with Gasteiger partial charge in [0.25, 0.3) is 0 Å². The molecule has 1 aliphatic heterocycles. The van der Waals surface area contributed by atoms with Gasteiger partial charge in [0.15, 0.2) is 11.6 Å². The molecule has 1 aromatic carbocycles. The molecule has 0 amide bonds. The molecular formula is C26H28FN9. The number of benzene rings is 1. The van der Waals surface area contributed by atoms with Gasteiger partial charge in [-0.3, -0.25) is 15.1 Å². The van der Waals surface area contributed by atoms with Crippen LogP contribution in [0.4, 0.5) is 15.8 Å². The van der Waals surface area contributed by atoms with E-state index < -0.39 is 5.82 Å². The molecule has 5 aromatic rings. The number of likely N-dealkylation sites (N-methyl/N-ethyl adjacent to an activating group) is 1. The molecule has 0 saturated carbocycles. The zero-order chi connectivity index (χ0) is 24.8. The number of aromatic nitrogens is 6. The third-order valence-electron chi connectivity index (χ3n) is 6.57. The Kier molecular flexibility index (Phi) is 5.52. The van der Waals surface area contributed by atoms with E-state index in [0.29, 0.717) is 28.0 Å². The van der Waals surface area contributed by atoms with Crippen molar-refractivity contribution in [2.75, 3.05) is 43.4 Å². The summed E-state index contributed by atoms with van der Waals surface area (Å²) < 4.78 is 16.0. The molecule has 0 aliphatic carbocycles. The highest BCUT2D eigenvalue weighted by molar-refractivity contribution is 5.97. The van der Waals surface area contributed by atoms with Crippen LogP contribution < -0.4 is 10.2 Å². The van der Waals surface area contributed by atoms with Crippen molar-refractivity contribution in [1.29, 1.82) is 0 Å². The molecular weight excluding hydrogens is 457 g/mol. The predicted molar refractivity (Wildman–Crippen MR) is 141 cm³/mol. The fourth-order valence-corrected chi connectivity index (χ4v) is 4.76. The summed E-state index contributed by atoms with van der Waals surface area (Å²) in [5.74, 6) is 0.0571. The van der Waals surface area contributed by atoms with E-state index in [2.05, 4.69) is 53.4 Å². The van der Waals surface area contributed by atoms with Gasteiger partial charge in [0.2, 0.25) is 0 Å². The number of aromatic amines is 2. The van der Waals surface area contributed by atoms with E-state index in [9.17, 15) is 0 Å². The number of nitrogens with one attached hydrogen (secondary N) is 3. The molecule has 5 heterocycles. The molecule has 0 unspecified atom stereocenters. The average Bonchev–Trinajstić information content (AvgIpc) is 3.49. The van der Waals surface area contributed by atoms with Crippen LogP contribution in [0.25, 0.3) is 44.7 Å². The van der Waals surface area contributed by atoms with E-state index >= 15 is 4.39 Å². The predicted octanol–water partition coefficient (Wildman–Crippen LogP) is 4.27. The van der Waals surface area contributed by atoms with Crippen LogP contribution in [0.5, 0.6) is 0 Å². The molecule has 3 N–H and O–H groups in total. The van der Waals surface area contributed by atoms with Gasteiger partial charge < -0.3 is 20.1 Å². The maximum atomic E-state index is 16.0. The van der Waals surface area contributed by atoms with Crippen LogP contribution in [-0.2, 0) is 0 Å². The van der Waals surface area contributed by atoms with Crippen LogP contribution in [0.3, 0.4) is 0 Å². The summed E-state index contributed by atoms with van der Waals surface area (Å²) in [4.78, 5) is 21.6. The van der Waals surface area contributed by atoms with Gasteiger partial charge >= 0.3 is 0 Å². The molecule has 184 valence electrons. The number of fused-ring (bicyclic) bond motifs is 2. The molecule has 0 spiro atoms. The second-order valence-electron chi connectivity index (χ2n) is 9.59. The minimum atomic E-state index is -0.459. The van der Waals surface area contributed by atoms with Crippen molar-refractivity contribution in [3.63, 3.8) is 0 Å². The summed E-state index contributed by atoms with van der Waals surface area (Å²) in [6.07, 6.45) is 4.94. The van der Waals surface area contributed by atoms with Gasteiger partial charge in [0.1, 0.15) is 16.9 Å². The van der Waals surface area contributed by atoms with E-state index in [0.717, 1.165) is 48.6 Å². The molecule has 1 fully saturated rings. The number of rotatable bonds is 5. The van der Waals surface area contributed by atoms with E-state index in [1.165, 1.54) is 0 Å². The van der Waals surface area contributed by atoms with Crippen molar-refractivity contribution in [2.45, 2.75) is 19.9 Å². The first kappa shape index (κ1) is 22.4. The minimum Gasteiger partial charge on any atom is -0.382 e. The Morgan fingerprint density at radius 2 is 1.86 bits per heavy atom. The van der Waals surface area contributed by atoms with E-state index in [-0.39, 0.29) is 11.7 Å². The van der Waals surface area contributed by atoms with E-state index in [1.807, 2.05) is 32.0 Å². The first-order valence-electron chi connectivity index (χ1n) is 12.1. The lowest BCUT2D eigenvalue weighted by Crippen LogP contribution is -2.44. The van der Waals surface area contributed by atoms with Crippen molar-refractivity contribution in [2.24, 2.45) is 0 Å². The highest BCUT2D eigenvalue weighted by Crippen LogP contribution is 2.34. The number of para-hydroxylation sites is 1. The zero-order valence-electron chi connectivity index (χ0n) is 20.5. The number of anilines is 2. The summed E-state index contributed by atoms with van der Waals surface area (Å²) in [7, 11) is 2.14. The normalized spacial score (nSPS) is 14.9. The van der Waals surface area contributed by atoms with Crippen LogP contribution in [0.2, 0.25) is 0 Å². The fourth-order valence-electron chi connectivity index (χ4n) is 4.76. The Labute approximate surface area is 207 Å². The van der Waals surface area contributed by atoms with Gasteiger partial charge in [-0.25, -0.2) is 9.37 Å². The summed E-state index contributed by atoms with van der Waals surface area (Å²) in [5, 5.41) is 11.0. The Morgan fingerprint density at radius 1 is 1.03 bits per heavy atom. The standard InChI is InChI=1S/C26H28FN9/c1-15(2)30-17-11-16(12-28-13-17)23-22(27)21-19(14-29-23)33-34-25(21)26-31-18-5-4-6-20(24(18)32-26)36-9-7-35(3)8-10-36/h4-6,11-15,30H,7-10H2,1-3H3,(H,31,32)(H,33,34). The smallest absolute Gasteiger partial charge is 0.161 e. The lowest BCUT2D eigenvalue weighted by molar-refractivity contribution is 0.313. The maximum absolute atomic E-state index is 16.0. The maximum Gasteiger partial charge on any atom is 0.161 e. The first-order valence-corrected chi connectivity index (χ1v) is 12.1. The van der Waals surface area contributed by atoms with Gasteiger partial charge in [-0.15, -0.1) is 0 Å². The number of H-pyrrole nitrogens is 2. The molecule has 4 aromatic heterocycles. The second-order valence-corrected chi connectivity index (χ2v) is 9.59. The van der Waals surface area contributed by atoms with Crippen LogP contribution in [0.15, 0.2) is 42.9 Å². The number of hydrogen-bond donors (Lipinski definition) is 3. The van der Waals surface area contributed by atoms with Gasteiger partial charge in [0.05, 0.1) is 34.0 Å². The molecule has 9 nitrogen and oxygen atoms in total. The zero-order valence-corrected chi connectivity index (χ0v) is 20.5. The fraction of sp³-hybridized carbons (Fsp3) is 0.308. The molecule has 0 radical (unpaired) electrons. The summed E-state index contributed by atoms with van der Waals surface area (Å²) in [6, 6.07) is 8.19. The van der Waals surface area contributed by atoms with Gasteiger partial charge in [0, 0.05) is 50.2 Å². The van der Waals surface area contributed by atoms with Crippen molar-refractivity contribution < 1.29 is 4.39 Å². The van der Waals surface area contributed by atoms with Gasteiger partial charge in [-0.05, 0) is 39.1 Å². The summed E-state index contributed by atoms with van der Waals surface area (Å²) >= 11 is 0. The Morgan fingerprint density at radius 3 is 2.67 bits per heavy atom. The first-order chi connectivity index (χ1) is 17.5. The molecule has 36 heavy (non-hydrogen) atoms. The van der Waals surface area contributed by atoms with Crippen LogP contribution in [-0.4, -0.2) is 74.3 Å². The van der Waals surface area contributed by atoms with Crippen LogP contribution in [0.1, 0.15) is 13.8 Å². The van der Waals surface area contributed by atoms with Crippen molar-refractivity contribution >= 4 is 33.3 Å². The number of piperazine rings is 1. The summed E-state index contributed by atoms with van der Waals surface area (Å²) in [6.45, 7) is 7.95. The van der Waals surface area contributed by atoms with Crippen molar-refractivity contribution in [1.82, 2.24) is 35.0 Å². The van der Waals surface area contributed by atoms with Crippen molar-refractivity contribution in [3.8, 4) is 22.8 Å². The average molecular weight is 486 g/mol. The highest BCUT2D eigenvalue weighted by atomic mass is 19.1. The SMILES string of the molecule is CC(C)Nc1cncc(-c2ncc3[nH]nc(-c4nc5c(N6CCN(C)CC6)cccc5[nH]4)c3c2F)c1. The number of nitrogens with zero attached hydrogens (tertiary/aromatic N) is 6. The number of pyridine rings is 2. The van der Waals surface area contributed by atoms with Gasteiger partial charge in [-0.2, -0.15) is 5.10 Å². The molecule has 1 aliphatic rings. The van der Waals surface area contributed by atoms with Gasteiger partial charge in [-0.1, -0.05) is 6.07 Å². The molecule has 10 heteroatoms. The number of imidazole rings is 1. The van der Waals surface area contributed by atoms with E-state index in [4.69, 9.17) is 4.98 Å². The lowest BCUT2D eigenvalue weighted by Gasteiger charge is -2.34. The molecule has 6 rings (SSSR count). The monoisotopic (exact) mass is 485 g/mol. The Balaban J connectivity index is 1.43. The Bertz CT molecular complexity index is 1550. The lowest BCUT2D eigenvalue weighted by atomic mass is 10.1. The molecule has 0 bridgehead atoms. The quantitative estimate of drug-likeness (QED) is 0.342. The Hall–Kier alpha value is -4.05. The van der Waals surface area contributed by atoms with Crippen molar-refractivity contribution in [3.05, 3.63) is 48.7 Å². The largest absolute Gasteiger partial charge is 0.382 e. The molecule has 0 atom stereocenters. The number of halogens is 1. The molecule has 1 saturated heterocycles. The second kappa shape index (κ2) is 8.87. The third kappa shape index (κ3) is 3.93. The highest BCUT2D eigenvalue weighted by Gasteiger charge is 2.23. The van der Waals surface area contributed by atoms with Crippen LogP contribution >= 0.6 is 0 Å². The minimum absolute atomic E-state index is 0.222.